The molecule has 2 N–H and O–H groups in total. The van der Waals surface area contributed by atoms with Crippen LogP contribution in [0, 0.1) is 5.92 Å². The van der Waals surface area contributed by atoms with Gasteiger partial charge in [-0.1, -0.05) is 23.9 Å². The van der Waals surface area contributed by atoms with Gasteiger partial charge in [-0.25, -0.2) is 4.98 Å². The number of hydrogen-bond acceptors (Lipinski definition) is 8. The van der Waals surface area contributed by atoms with Gasteiger partial charge in [0.25, 0.3) is 0 Å². The van der Waals surface area contributed by atoms with E-state index in [2.05, 4.69) is 16.7 Å². The number of ether oxygens (including phenoxy) is 2. The molecule has 2 heterocycles. The molecule has 1 saturated heterocycles. The van der Waals surface area contributed by atoms with Gasteiger partial charge >= 0.3 is 0 Å². The molecule has 1 amide bonds. The summed E-state index contributed by atoms with van der Waals surface area (Å²) in [6.45, 7) is 6.54. The number of methoxy groups -OCH3 is 1. The average molecular weight is 520 g/mol. The first-order chi connectivity index (χ1) is 18.0. The SMILES string of the molecule is COc1cccc(COc2nc(N3CCN(C(C)C4CC4)CC3)ncc2Sc2ccc(C(N)=O)cc2)c1. The highest BCUT2D eigenvalue weighted by Crippen LogP contribution is 2.37. The van der Waals surface area contributed by atoms with E-state index in [-0.39, 0.29) is 0 Å². The molecule has 1 aliphatic carbocycles. The highest BCUT2D eigenvalue weighted by molar-refractivity contribution is 7.99. The predicted molar refractivity (Wildman–Crippen MR) is 144 cm³/mol. The van der Waals surface area contributed by atoms with Crippen LogP contribution in [-0.4, -0.2) is 60.1 Å². The third kappa shape index (κ3) is 6.34. The van der Waals surface area contributed by atoms with Crippen molar-refractivity contribution in [3.05, 3.63) is 65.9 Å². The molecule has 194 valence electrons. The maximum Gasteiger partial charge on any atom is 0.248 e. The number of hydrogen-bond donors (Lipinski definition) is 1. The van der Waals surface area contributed by atoms with Gasteiger partial charge in [0, 0.05) is 42.7 Å². The maximum atomic E-state index is 11.4. The molecule has 1 unspecified atom stereocenters. The minimum Gasteiger partial charge on any atom is -0.497 e. The molecule has 9 heteroatoms. The Balaban J connectivity index is 1.33. The minimum absolute atomic E-state index is 0.356. The van der Waals surface area contributed by atoms with E-state index in [9.17, 15) is 4.79 Å². The van der Waals surface area contributed by atoms with Crippen molar-refractivity contribution in [2.45, 2.75) is 42.2 Å². The summed E-state index contributed by atoms with van der Waals surface area (Å²) >= 11 is 1.49. The molecule has 0 bridgehead atoms. The second kappa shape index (κ2) is 11.4. The van der Waals surface area contributed by atoms with Crippen LogP contribution in [0.4, 0.5) is 5.95 Å². The van der Waals surface area contributed by atoms with Gasteiger partial charge in [-0.2, -0.15) is 4.98 Å². The molecule has 0 spiro atoms. The fourth-order valence-electron chi connectivity index (χ4n) is 4.61. The Hall–Kier alpha value is -3.30. The number of primary amides is 1. The van der Waals surface area contributed by atoms with Crippen molar-refractivity contribution >= 4 is 23.6 Å². The van der Waals surface area contributed by atoms with Crippen molar-refractivity contribution in [1.82, 2.24) is 14.9 Å². The van der Waals surface area contributed by atoms with E-state index in [0.717, 1.165) is 53.2 Å². The third-order valence-electron chi connectivity index (χ3n) is 7.06. The van der Waals surface area contributed by atoms with Crippen LogP contribution in [0.2, 0.25) is 0 Å². The molecule has 2 fully saturated rings. The lowest BCUT2D eigenvalue weighted by Crippen LogP contribution is -2.50. The van der Waals surface area contributed by atoms with Crippen molar-refractivity contribution in [3.63, 3.8) is 0 Å². The van der Waals surface area contributed by atoms with Gasteiger partial charge in [0.15, 0.2) is 0 Å². The molecule has 1 saturated carbocycles. The Bertz CT molecular complexity index is 1230. The molecule has 1 aliphatic heterocycles. The molecule has 3 aromatic rings. The van der Waals surface area contributed by atoms with E-state index in [0.29, 0.717) is 30.0 Å². The maximum absolute atomic E-state index is 11.4. The van der Waals surface area contributed by atoms with Crippen molar-refractivity contribution in [3.8, 4) is 11.6 Å². The highest BCUT2D eigenvalue weighted by atomic mass is 32.2. The number of aromatic nitrogens is 2. The summed E-state index contributed by atoms with van der Waals surface area (Å²) in [6, 6.07) is 15.6. The van der Waals surface area contributed by atoms with Crippen LogP contribution < -0.4 is 20.1 Å². The second-order valence-corrected chi connectivity index (χ2v) is 10.7. The van der Waals surface area contributed by atoms with Crippen LogP contribution in [-0.2, 0) is 6.61 Å². The zero-order chi connectivity index (χ0) is 25.8. The Morgan fingerprint density at radius 3 is 2.57 bits per heavy atom. The Morgan fingerprint density at radius 2 is 1.89 bits per heavy atom. The lowest BCUT2D eigenvalue weighted by Gasteiger charge is -2.38. The van der Waals surface area contributed by atoms with Crippen LogP contribution in [0.25, 0.3) is 0 Å². The monoisotopic (exact) mass is 519 g/mol. The number of piperazine rings is 1. The molecule has 37 heavy (non-hydrogen) atoms. The van der Waals surface area contributed by atoms with Crippen LogP contribution in [0.5, 0.6) is 11.6 Å². The fourth-order valence-corrected chi connectivity index (χ4v) is 5.43. The number of carbonyl (C=O) groups excluding carboxylic acids is 1. The lowest BCUT2D eigenvalue weighted by molar-refractivity contribution is 0.1000. The smallest absolute Gasteiger partial charge is 0.248 e. The summed E-state index contributed by atoms with van der Waals surface area (Å²) < 4.78 is 11.6. The van der Waals surface area contributed by atoms with E-state index in [1.165, 1.54) is 24.6 Å². The zero-order valence-corrected chi connectivity index (χ0v) is 22.1. The Labute approximate surface area is 222 Å². The van der Waals surface area contributed by atoms with Crippen LogP contribution in [0.3, 0.4) is 0 Å². The van der Waals surface area contributed by atoms with Gasteiger partial charge in [0.2, 0.25) is 17.7 Å². The van der Waals surface area contributed by atoms with Gasteiger partial charge in [0.1, 0.15) is 12.4 Å². The van der Waals surface area contributed by atoms with Crippen molar-refractivity contribution in [2.24, 2.45) is 11.7 Å². The number of amides is 1. The van der Waals surface area contributed by atoms with E-state index < -0.39 is 5.91 Å². The average Bonchev–Trinajstić information content (AvgIpc) is 3.78. The summed E-state index contributed by atoms with van der Waals surface area (Å²) in [4.78, 5) is 27.6. The topological polar surface area (TPSA) is 93.8 Å². The molecule has 0 radical (unpaired) electrons. The molecule has 1 aromatic heterocycles. The number of rotatable bonds is 10. The summed E-state index contributed by atoms with van der Waals surface area (Å²) in [7, 11) is 1.65. The molecule has 8 nitrogen and oxygen atoms in total. The van der Waals surface area contributed by atoms with Crippen LogP contribution in [0.1, 0.15) is 35.7 Å². The molecule has 2 aliphatic rings. The first-order valence-electron chi connectivity index (χ1n) is 12.7. The van der Waals surface area contributed by atoms with Gasteiger partial charge in [0.05, 0.1) is 18.2 Å². The Kier molecular flexibility index (Phi) is 7.81. The first kappa shape index (κ1) is 25.4. The number of anilines is 1. The van der Waals surface area contributed by atoms with E-state index in [4.69, 9.17) is 25.2 Å². The summed E-state index contributed by atoms with van der Waals surface area (Å²) in [5, 5.41) is 0. The number of nitrogens with two attached hydrogens (primary N) is 1. The summed E-state index contributed by atoms with van der Waals surface area (Å²) in [5.41, 5.74) is 6.85. The summed E-state index contributed by atoms with van der Waals surface area (Å²) in [5.74, 6) is 2.43. The quantitative estimate of drug-likeness (QED) is 0.425. The molecular weight excluding hydrogens is 486 g/mol. The lowest BCUT2D eigenvalue weighted by atomic mass is 10.1. The largest absolute Gasteiger partial charge is 0.497 e. The molecule has 5 rings (SSSR count). The van der Waals surface area contributed by atoms with Crippen LogP contribution >= 0.6 is 11.8 Å². The predicted octanol–water partition coefficient (Wildman–Crippen LogP) is 4.23. The molecule has 1 atom stereocenters. The molecular formula is C28H33N5O3S. The van der Waals surface area contributed by atoms with Crippen LogP contribution in [0.15, 0.2) is 64.5 Å². The number of benzene rings is 2. The van der Waals surface area contributed by atoms with Crippen molar-refractivity contribution < 1.29 is 14.3 Å². The van der Waals surface area contributed by atoms with Crippen molar-refractivity contribution in [1.29, 1.82) is 0 Å². The van der Waals surface area contributed by atoms with Gasteiger partial charge in [-0.15, -0.1) is 0 Å². The van der Waals surface area contributed by atoms with Gasteiger partial charge < -0.3 is 20.1 Å². The van der Waals surface area contributed by atoms with Gasteiger partial charge in [-0.05, 0) is 67.6 Å². The van der Waals surface area contributed by atoms with E-state index >= 15 is 0 Å². The highest BCUT2D eigenvalue weighted by Gasteiger charge is 2.33. The normalized spacial score (nSPS) is 16.9. The second-order valence-electron chi connectivity index (χ2n) is 9.57. The standard InChI is InChI=1S/C28H33N5O3S/c1-19(21-6-7-21)32-12-14-33(15-13-32)28-30-17-25(37-24-10-8-22(9-11-24)26(29)34)27(31-28)36-18-20-4-3-5-23(16-20)35-2/h3-5,8-11,16-17,19,21H,6-7,12-15,18H2,1-2H3,(H2,29,34). The third-order valence-corrected chi connectivity index (χ3v) is 8.07. The Morgan fingerprint density at radius 1 is 1.14 bits per heavy atom. The zero-order valence-electron chi connectivity index (χ0n) is 21.3. The van der Waals surface area contributed by atoms with E-state index in [1.54, 1.807) is 19.2 Å². The number of nitrogens with zero attached hydrogens (tertiary/aromatic N) is 4. The van der Waals surface area contributed by atoms with Gasteiger partial charge in [-0.3, -0.25) is 9.69 Å². The van der Waals surface area contributed by atoms with Crippen molar-refractivity contribution in [2.75, 3.05) is 38.2 Å². The number of carbonyl (C=O) groups is 1. The first-order valence-corrected chi connectivity index (χ1v) is 13.5. The fraction of sp³-hybridized carbons (Fsp3) is 0.393. The molecule has 2 aromatic carbocycles. The summed E-state index contributed by atoms with van der Waals surface area (Å²) in [6.07, 6.45) is 4.56. The van der Waals surface area contributed by atoms with E-state index in [1.807, 2.05) is 42.6 Å². The minimum atomic E-state index is -0.446.